The van der Waals surface area contributed by atoms with Crippen LogP contribution >= 0.6 is 0 Å². The Bertz CT molecular complexity index is 951. The van der Waals surface area contributed by atoms with E-state index in [1.165, 1.54) is 54.0 Å². The van der Waals surface area contributed by atoms with E-state index in [0.717, 1.165) is 30.8 Å². The normalized spacial score (nSPS) is 35.4. The van der Waals surface area contributed by atoms with E-state index in [1.54, 1.807) is 0 Å². The average molecular weight is 392 g/mol. The summed E-state index contributed by atoms with van der Waals surface area (Å²) in [4.78, 5) is 16.1. The number of nitrogens with zero attached hydrogens (tertiary/aromatic N) is 2. The van der Waals surface area contributed by atoms with Crippen molar-refractivity contribution in [2.75, 3.05) is 26.2 Å². The van der Waals surface area contributed by atoms with Crippen LogP contribution in [0.25, 0.3) is 0 Å². The van der Waals surface area contributed by atoms with Crippen molar-refractivity contribution in [1.29, 1.82) is 0 Å². The van der Waals surface area contributed by atoms with Crippen LogP contribution in [0.2, 0.25) is 0 Å². The van der Waals surface area contributed by atoms with Gasteiger partial charge in [-0.2, -0.15) is 0 Å². The van der Waals surface area contributed by atoms with E-state index in [9.17, 15) is 9.30 Å². The van der Waals surface area contributed by atoms with Gasteiger partial charge >= 0.3 is 0 Å². The molecule has 4 nitrogen and oxygen atoms in total. The molecule has 3 unspecified atom stereocenters. The molecule has 0 aromatic heterocycles. The van der Waals surface area contributed by atoms with Crippen LogP contribution in [0, 0.1) is 22.6 Å². The van der Waals surface area contributed by atoms with E-state index in [0.29, 0.717) is 11.8 Å². The topological polar surface area (TPSA) is 35.4 Å². The van der Waals surface area contributed by atoms with Crippen LogP contribution in [0.5, 0.6) is 0 Å². The van der Waals surface area contributed by atoms with Gasteiger partial charge in [0.2, 0.25) is 6.04 Å². The minimum atomic E-state index is -0.216. The summed E-state index contributed by atoms with van der Waals surface area (Å²) >= 11 is 0. The van der Waals surface area contributed by atoms with Crippen molar-refractivity contribution in [2.24, 2.45) is 11.8 Å². The fourth-order valence-electron chi connectivity index (χ4n) is 6.54. The first kappa shape index (κ1) is 17.7. The van der Waals surface area contributed by atoms with E-state index < -0.39 is 0 Å². The van der Waals surface area contributed by atoms with Gasteiger partial charge in [-0.25, -0.2) is 4.39 Å². The molecule has 4 atom stereocenters. The molecule has 0 saturated carbocycles. The molecule has 5 heterocycles. The van der Waals surface area contributed by atoms with E-state index >= 15 is 0 Å². The predicted octanol–water partition coefficient (Wildman–Crippen LogP) is 4.13. The lowest BCUT2D eigenvalue weighted by Crippen LogP contribution is -2.53. The molecule has 3 fully saturated rings. The number of nitroso groups, excluding NO2 is 1. The van der Waals surface area contributed by atoms with Gasteiger partial charge in [-0.1, -0.05) is 24.3 Å². The van der Waals surface area contributed by atoms with Gasteiger partial charge in [-0.05, 0) is 68.1 Å². The summed E-state index contributed by atoms with van der Waals surface area (Å²) in [7, 11) is 0. The standard InChI is InChI=1S/C24H27FN3O/c25-17-6-4-16(5-7-17)23-18-2-1-3-21-22(18)19(8-11-26-23)24(28(21)29)20-14-27-12-9-15(20)10-13-27/h1-7,15,19-20,23-24,26H,8-14H2/q+1/t19?,20?,23?,24-/m1/s1. The third-order valence-corrected chi connectivity index (χ3v) is 7.87. The first-order chi connectivity index (χ1) is 14.2. The van der Waals surface area contributed by atoms with E-state index in [2.05, 4.69) is 16.3 Å². The Morgan fingerprint density at radius 1 is 1.03 bits per heavy atom. The van der Waals surface area contributed by atoms with Gasteiger partial charge < -0.3 is 10.2 Å². The number of benzene rings is 2. The zero-order valence-corrected chi connectivity index (χ0v) is 16.6. The molecule has 1 N–H and O–H groups in total. The number of fused-ring (bicyclic) bond motifs is 3. The highest BCUT2D eigenvalue weighted by Crippen LogP contribution is 2.52. The smallest absolute Gasteiger partial charge is 0.260 e. The maximum Gasteiger partial charge on any atom is 0.260 e. The molecule has 2 aromatic rings. The first-order valence-electron chi connectivity index (χ1n) is 11.0. The summed E-state index contributed by atoms with van der Waals surface area (Å²) in [6, 6.07) is 13.0. The minimum absolute atomic E-state index is 0.00857. The molecule has 5 aliphatic heterocycles. The van der Waals surface area contributed by atoms with Crippen molar-refractivity contribution in [3.05, 3.63) is 69.9 Å². The van der Waals surface area contributed by atoms with Gasteiger partial charge in [0, 0.05) is 33.8 Å². The molecule has 5 aliphatic rings. The third kappa shape index (κ3) is 2.71. The Balaban J connectivity index is 1.42. The Morgan fingerprint density at radius 3 is 2.55 bits per heavy atom. The highest BCUT2D eigenvalue weighted by molar-refractivity contribution is 5.54. The maximum atomic E-state index is 13.5. The summed E-state index contributed by atoms with van der Waals surface area (Å²) in [5.41, 5.74) is 4.36. The quantitative estimate of drug-likeness (QED) is 0.781. The molecule has 7 rings (SSSR count). The largest absolute Gasteiger partial charge is 0.306 e. The van der Waals surface area contributed by atoms with Gasteiger partial charge in [0.15, 0.2) is 0 Å². The van der Waals surface area contributed by atoms with Crippen LogP contribution in [-0.4, -0.2) is 41.9 Å². The van der Waals surface area contributed by atoms with Crippen LogP contribution in [0.1, 0.15) is 47.9 Å². The molecule has 5 heteroatoms. The lowest BCUT2D eigenvalue weighted by molar-refractivity contribution is -0.513. The molecule has 0 aliphatic carbocycles. The third-order valence-electron chi connectivity index (χ3n) is 7.87. The van der Waals surface area contributed by atoms with E-state index in [1.807, 2.05) is 24.3 Å². The second-order valence-electron chi connectivity index (χ2n) is 9.23. The minimum Gasteiger partial charge on any atom is -0.306 e. The SMILES string of the molecule is O=[N+]1c2cccc3c2C(CCNC3c2ccc(F)cc2)[C@@H]1C1CN2CCC1CC2. The molecule has 150 valence electrons. The monoisotopic (exact) mass is 392 g/mol. The number of hydrogen-bond acceptors (Lipinski definition) is 3. The maximum absolute atomic E-state index is 13.5. The van der Waals surface area contributed by atoms with Crippen LogP contribution < -0.4 is 5.32 Å². The Kier molecular flexibility index (Phi) is 4.10. The number of piperidine rings is 3. The number of rotatable bonds is 2. The van der Waals surface area contributed by atoms with Crippen molar-refractivity contribution in [2.45, 2.75) is 37.3 Å². The fourth-order valence-corrected chi connectivity index (χ4v) is 6.54. The summed E-state index contributed by atoms with van der Waals surface area (Å²) in [6.07, 6.45) is 3.46. The molecule has 2 aromatic carbocycles. The lowest BCUT2D eigenvalue weighted by atomic mass is 9.71. The Morgan fingerprint density at radius 2 is 1.83 bits per heavy atom. The highest BCUT2D eigenvalue weighted by Gasteiger charge is 2.56. The molecular formula is C24H27FN3O+. The molecule has 2 bridgehead atoms. The fraction of sp³-hybridized carbons (Fsp3) is 0.500. The number of halogens is 1. The predicted molar refractivity (Wildman–Crippen MR) is 110 cm³/mol. The molecular weight excluding hydrogens is 365 g/mol. The summed E-state index contributed by atoms with van der Waals surface area (Å²) < 4.78 is 14.8. The van der Waals surface area contributed by atoms with E-state index in [4.69, 9.17) is 0 Å². The molecule has 0 radical (unpaired) electrons. The zero-order valence-electron chi connectivity index (χ0n) is 16.6. The van der Waals surface area contributed by atoms with Crippen LogP contribution in [0.15, 0.2) is 42.5 Å². The van der Waals surface area contributed by atoms with Crippen molar-refractivity contribution in [3.63, 3.8) is 0 Å². The Labute approximate surface area is 170 Å². The first-order valence-corrected chi connectivity index (χ1v) is 11.0. The molecule has 0 spiro atoms. The second-order valence-corrected chi connectivity index (χ2v) is 9.23. The van der Waals surface area contributed by atoms with Gasteiger partial charge in [0.25, 0.3) is 5.69 Å². The van der Waals surface area contributed by atoms with Crippen molar-refractivity contribution < 1.29 is 9.15 Å². The van der Waals surface area contributed by atoms with Crippen molar-refractivity contribution >= 4 is 5.69 Å². The van der Waals surface area contributed by atoms with Crippen molar-refractivity contribution in [1.82, 2.24) is 10.2 Å². The van der Waals surface area contributed by atoms with E-state index in [-0.39, 0.29) is 23.8 Å². The summed E-state index contributed by atoms with van der Waals surface area (Å²) in [5, 5.41) is 3.68. The zero-order chi connectivity index (χ0) is 19.5. The summed E-state index contributed by atoms with van der Waals surface area (Å²) in [6.45, 7) is 4.34. The van der Waals surface area contributed by atoms with Crippen molar-refractivity contribution in [3.8, 4) is 0 Å². The van der Waals surface area contributed by atoms with Gasteiger partial charge in [-0.3, -0.25) is 0 Å². The molecule has 29 heavy (non-hydrogen) atoms. The number of hydrogen-bond donors (Lipinski definition) is 1. The van der Waals surface area contributed by atoms with Crippen LogP contribution in [-0.2, 0) is 0 Å². The van der Waals surface area contributed by atoms with Crippen LogP contribution in [0.4, 0.5) is 10.1 Å². The van der Waals surface area contributed by atoms with Crippen LogP contribution in [0.3, 0.4) is 0 Å². The molecule has 3 saturated heterocycles. The van der Waals surface area contributed by atoms with Gasteiger partial charge in [0.05, 0.1) is 12.0 Å². The highest BCUT2D eigenvalue weighted by atomic mass is 19.1. The lowest BCUT2D eigenvalue weighted by Gasteiger charge is -2.45. The van der Waals surface area contributed by atoms with Gasteiger partial charge in [0.1, 0.15) is 5.82 Å². The summed E-state index contributed by atoms with van der Waals surface area (Å²) in [5.74, 6) is 1.21. The Hall–Kier alpha value is -2.11. The molecule has 0 amide bonds. The van der Waals surface area contributed by atoms with Gasteiger partial charge in [-0.15, -0.1) is 0 Å². The number of nitrogens with one attached hydrogen (secondary N) is 1. The average Bonchev–Trinajstić information content (AvgIpc) is 2.91. The second kappa shape index (κ2) is 6.71.